The van der Waals surface area contributed by atoms with Crippen molar-refractivity contribution in [2.24, 2.45) is 5.92 Å². The Balaban J connectivity index is 3.43. The summed E-state index contributed by atoms with van der Waals surface area (Å²) in [5, 5.41) is 0. The van der Waals surface area contributed by atoms with Gasteiger partial charge in [-0.25, -0.2) is 0 Å². The Morgan fingerprint density at radius 3 is 1.75 bits per heavy atom. The highest BCUT2D eigenvalue weighted by atomic mass is 16.5. The van der Waals surface area contributed by atoms with Gasteiger partial charge in [0.1, 0.15) is 0 Å². The number of allylic oxidation sites excluding steroid dienone is 10. The summed E-state index contributed by atoms with van der Waals surface area (Å²) in [4.78, 5) is 11.7. The van der Waals surface area contributed by atoms with E-state index in [9.17, 15) is 4.79 Å². The third-order valence-electron chi connectivity index (χ3n) is 5.10. The number of esters is 1. The van der Waals surface area contributed by atoms with Gasteiger partial charge in [-0.15, -0.1) is 0 Å². The van der Waals surface area contributed by atoms with Crippen LogP contribution in [0, 0.1) is 5.92 Å². The normalized spacial score (nSPS) is 12.6. The molecule has 0 saturated carbocycles. The molecule has 0 aromatic carbocycles. The molecule has 0 saturated heterocycles. The zero-order valence-electron chi connectivity index (χ0n) is 21.3. The second-order valence-corrected chi connectivity index (χ2v) is 8.77. The summed E-state index contributed by atoms with van der Waals surface area (Å²) >= 11 is 0. The number of hydrogen-bond donors (Lipinski definition) is 0. The third kappa shape index (κ3) is 26.2. The summed E-state index contributed by atoms with van der Waals surface area (Å²) in [6.45, 7) is 7.26. The summed E-state index contributed by atoms with van der Waals surface area (Å²) in [5.74, 6) is 0.746. The van der Waals surface area contributed by atoms with Gasteiger partial charge in [-0.2, -0.15) is 0 Å². The van der Waals surface area contributed by atoms with Crippen molar-refractivity contribution in [3.05, 3.63) is 60.8 Å². The van der Waals surface area contributed by atoms with Crippen molar-refractivity contribution in [2.45, 2.75) is 111 Å². The van der Waals surface area contributed by atoms with Gasteiger partial charge in [0.2, 0.25) is 0 Å². The molecule has 0 spiro atoms. The van der Waals surface area contributed by atoms with Gasteiger partial charge in [-0.3, -0.25) is 4.79 Å². The molecule has 0 aromatic heterocycles. The first kappa shape index (κ1) is 30.2. The van der Waals surface area contributed by atoms with E-state index in [2.05, 4.69) is 81.5 Å². The van der Waals surface area contributed by atoms with Crippen LogP contribution in [-0.2, 0) is 9.53 Å². The Morgan fingerprint density at radius 1 is 0.656 bits per heavy atom. The fraction of sp³-hybridized carbons (Fsp3) is 0.633. The lowest BCUT2D eigenvalue weighted by Crippen LogP contribution is -2.05. The fourth-order valence-electron chi connectivity index (χ4n) is 3.17. The zero-order valence-corrected chi connectivity index (χ0v) is 21.3. The highest BCUT2D eigenvalue weighted by Gasteiger charge is 2.02. The molecule has 2 nitrogen and oxygen atoms in total. The molecule has 0 N–H and O–H groups in total. The number of hydrogen-bond acceptors (Lipinski definition) is 2. The lowest BCUT2D eigenvalue weighted by atomic mass is 10.1. The molecule has 0 heterocycles. The van der Waals surface area contributed by atoms with Crippen molar-refractivity contribution in [1.29, 1.82) is 0 Å². The van der Waals surface area contributed by atoms with Crippen molar-refractivity contribution < 1.29 is 9.53 Å². The minimum atomic E-state index is -0.0243. The fourth-order valence-corrected chi connectivity index (χ4v) is 3.17. The lowest BCUT2D eigenvalue weighted by molar-refractivity contribution is -0.143. The molecule has 0 aliphatic heterocycles. The number of unbranched alkanes of at least 4 members (excludes halogenated alkanes) is 5. The van der Waals surface area contributed by atoms with E-state index in [1.807, 2.05) is 0 Å². The van der Waals surface area contributed by atoms with Crippen molar-refractivity contribution >= 4 is 5.97 Å². The first-order chi connectivity index (χ1) is 15.7. The maximum absolute atomic E-state index is 11.7. The third-order valence-corrected chi connectivity index (χ3v) is 5.10. The van der Waals surface area contributed by atoms with Crippen LogP contribution in [0.5, 0.6) is 0 Å². The van der Waals surface area contributed by atoms with Crippen molar-refractivity contribution in [1.82, 2.24) is 0 Å². The predicted molar refractivity (Wildman–Crippen MR) is 142 cm³/mol. The molecule has 0 rings (SSSR count). The highest BCUT2D eigenvalue weighted by Crippen LogP contribution is 2.09. The van der Waals surface area contributed by atoms with Gasteiger partial charge in [0.05, 0.1) is 6.61 Å². The van der Waals surface area contributed by atoms with E-state index < -0.39 is 0 Å². The average molecular weight is 443 g/mol. The van der Waals surface area contributed by atoms with Crippen molar-refractivity contribution in [2.75, 3.05) is 6.61 Å². The largest absolute Gasteiger partial charge is 0.466 e. The molecular weight excluding hydrogens is 392 g/mol. The number of ether oxygens (including phenoxy) is 1. The first-order valence-electron chi connectivity index (χ1n) is 13.1. The molecule has 0 atom stereocenters. The molecule has 0 aliphatic rings. The molecule has 0 radical (unpaired) electrons. The Kier molecular flexibility index (Phi) is 24.0. The summed E-state index contributed by atoms with van der Waals surface area (Å²) < 4.78 is 5.32. The maximum Gasteiger partial charge on any atom is 0.305 e. The van der Waals surface area contributed by atoms with Crippen LogP contribution < -0.4 is 0 Å². The minimum absolute atomic E-state index is 0.0243. The van der Waals surface area contributed by atoms with Crippen LogP contribution in [0.25, 0.3) is 0 Å². The van der Waals surface area contributed by atoms with Gasteiger partial charge >= 0.3 is 5.97 Å². The van der Waals surface area contributed by atoms with Crippen LogP contribution in [0.2, 0.25) is 0 Å². The topological polar surface area (TPSA) is 26.3 Å². The summed E-state index contributed by atoms with van der Waals surface area (Å²) in [6.07, 6.45) is 37.0. The smallest absolute Gasteiger partial charge is 0.305 e. The van der Waals surface area contributed by atoms with Crippen LogP contribution in [0.3, 0.4) is 0 Å². The van der Waals surface area contributed by atoms with E-state index in [0.717, 1.165) is 70.1 Å². The molecule has 182 valence electrons. The molecule has 0 amide bonds. The molecule has 32 heavy (non-hydrogen) atoms. The molecule has 0 bridgehead atoms. The second kappa shape index (κ2) is 25.4. The molecule has 2 heteroatoms. The van der Waals surface area contributed by atoms with E-state index in [1.165, 1.54) is 19.3 Å². The van der Waals surface area contributed by atoms with Gasteiger partial charge < -0.3 is 4.74 Å². The Hall–Kier alpha value is -1.83. The van der Waals surface area contributed by atoms with E-state index in [1.54, 1.807) is 0 Å². The van der Waals surface area contributed by atoms with Gasteiger partial charge in [0.15, 0.2) is 0 Å². The SMILES string of the molecule is CC/C=C\C/C=C\C/C=C\C/C=C\C/C=C\CCCCCC(=O)OCCCCCC(C)C. The quantitative estimate of drug-likeness (QED) is 0.100. The Labute approximate surface area is 199 Å². The van der Waals surface area contributed by atoms with Crippen molar-refractivity contribution in [3.8, 4) is 0 Å². The van der Waals surface area contributed by atoms with Crippen molar-refractivity contribution in [3.63, 3.8) is 0 Å². The van der Waals surface area contributed by atoms with Crippen LogP contribution in [0.1, 0.15) is 111 Å². The van der Waals surface area contributed by atoms with Gasteiger partial charge in [-0.1, -0.05) is 107 Å². The Bertz CT molecular complexity index is 549. The molecule has 0 unspecified atom stereocenters. The zero-order chi connectivity index (χ0) is 23.5. The lowest BCUT2D eigenvalue weighted by Gasteiger charge is -2.06. The summed E-state index contributed by atoms with van der Waals surface area (Å²) in [7, 11) is 0. The van der Waals surface area contributed by atoms with Gasteiger partial charge in [-0.05, 0) is 63.7 Å². The number of carbonyl (C=O) groups is 1. The molecule has 0 fully saturated rings. The van der Waals surface area contributed by atoms with Crippen LogP contribution in [-0.4, -0.2) is 12.6 Å². The number of carbonyl (C=O) groups excluding carboxylic acids is 1. The summed E-state index contributed by atoms with van der Waals surface area (Å²) in [6, 6.07) is 0. The van der Waals surface area contributed by atoms with Crippen LogP contribution >= 0.6 is 0 Å². The van der Waals surface area contributed by atoms with Gasteiger partial charge in [0.25, 0.3) is 0 Å². The maximum atomic E-state index is 11.7. The van der Waals surface area contributed by atoms with E-state index in [4.69, 9.17) is 4.74 Å². The molecular formula is C30H50O2. The standard InChI is InChI=1S/C30H50O2/c1-4-5-6-7-8-9-10-11-12-13-14-15-16-17-18-19-20-21-24-27-30(31)32-28-25-22-23-26-29(2)3/h5-6,8-9,11-12,14-15,17-18,29H,4,7,10,13,16,19-28H2,1-3H3/b6-5-,9-8-,12-11-,15-14-,18-17-. The minimum Gasteiger partial charge on any atom is -0.466 e. The van der Waals surface area contributed by atoms with E-state index in [-0.39, 0.29) is 5.97 Å². The van der Waals surface area contributed by atoms with Gasteiger partial charge in [0, 0.05) is 6.42 Å². The number of rotatable bonds is 21. The molecule has 0 aromatic rings. The second-order valence-electron chi connectivity index (χ2n) is 8.77. The Morgan fingerprint density at radius 2 is 1.19 bits per heavy atom. The van der Waals surface area contributed by atoms with E-state index in [0.29, 0.717) is 13.0 Å². The molecule has 0 aliphatic carbocycles. The van der Waals surface area contributed by atoms with Crippen LogP contribution in [0.4, 0.5) is 0 Å². The highest BCUT2D eigenvalue weighted by molar-refractivity contribution is 5.69. The van der Waals surface area contributed by atoms with Crippen LogP contribution in [0.15, 0.2) is 60.8 Å². The average Bonchev–Trinajstić information content (AvgIpc) is 2.77. The predicted octanol–water partition coefficient (Wildman–Crippen LogP) is 9.45. The monoisotopic (exact) mass is 442 g/mol. The first-order valence-corrected chi connectivity index (χ1v) is 13.1. The van der Waals surface area contributed by atoms with E-state index >= 15 is 0 Å². The summed E-state index contributed by atoms with van der Waals surface area (Å²) in [5.41, 5.74) is 0.